The molecule has 0 spiro atoms. The van der Waals surface area contributed by atoms with Crippen molar-refractivity contribution in [1.29, 1.82) is 0 Å². The van der Waals surface area contributed by atoms with E-state index in [0.29, 0.717) is 11.5 Å². The standard InChI is InChI=1S/C21H22N4O5S/c1-15(25-31(27,28)18-7-5-17(29-2)6-8-18)21(26)24-20-19(4-3-11-23-20)30-14-16-9-12-22-13-10-16/h3-13,15,25H,14H2,1-2H3,(H,23,24,26)/t15-/m0/s1. The molecule has 0 bridgehead atoms. The van der Waals surface area contributed by atoms with Crippen LogP contribution >= 0.6 is 0 Å². The van der Waals surface area contributed by atoms with Crippen LogP contribution in [0.5, 0.6) is 11.5 Å². The Bertz CT molecular complexity index is 1120. The van der Waals surface area contributed by atoms with Gasteiger partial charge in [-0.15, -0.1) is 0 Å². The molecule has 0 fully saturated rings. The number of hydrogen-bond donors (Lipinski definition) is 2. The number of nitrogens with one attached hydrogen (secondary N) is 2. The Morgan fingerprint density at radius 2 is 1.77 bits per heavy atom. The number of anilines is 1. The summed E-state index contributed by atoms with van der Waals surface area (Å²) >= 11 is 0. The van der Waals surface area contributed by atoms with Crippen molar-refractivity contribution < 1.29 is 22.7 Å². The highest BCUT2D eigenvalue weighted by Crippen LogP contribution is 2.22. The highest BCUT2D eigenvalue weighted by molar-refractivity contribution is 7.89. The predicted molar refractivity (Wildman–Crippen MR) is 114 cm³/mol. The Morgan fingerprint density at radius 1 is 1.06 bits per heavy atom. The van der Waals surface area contributed by atoms with E-state index < -0.39 is 22.0 Å². The van der Waals surface area contributed by atoms with Crippen LogP contribution in [0.25, 0.3) is 0 Å². The summed E-state index contributed by atoms with van der Waals surface area (Å²) in [5, 5.41) is 2.60. The van der Waals surface area contributed by atoms with Crippen LogP contribution in [0.1, 0.15) is 12.5 Å². The Kier molecular flexibility index (Phi) is 7.16. The molecule has 2 aromatic heterocycles. The number of methoxy groups -OCH3 is 1. The molecule has 2 N–H and O–H groups in total. The van der Waals surface area contributed by atoms with Crippen molar-refractivity contribution in [3.05, 3.63) is 72.7 Å². The van der Waals surface area contributed by atoms with Crippen molar-refractivity contribution in [2.24, 2.45) is 0 Å². The van der Waals surface area contributed by atoms with E-state index in [0.717, 1.165) is 5.56 Å². The van der Waals surface area contributed by atoms with E-state index in [2.05, 4.69) is 20.0 Å². The maximum Gasteiger partial charge on any atom is 0.243 e. The third kappa shape index (κ3) is 6.00. The lowest BCUT2D eigenvalue weighted by Gasteiger charge is -2.16. The fourth-order valence-electron chi connectivity index (χ4n) is 2.58. The van der Waals surface area contributed by atoms with Crippen LogP contribution in [0.2, 0.25) is 0 Å². The van der Waals surface area contributed by atoms with Gasteiger partial charge in [0.05, 0.1) is 18.0 Å². The first-order chi connectivity index (χ1) is 14.9. The lowest BCUT2D eigenvalue weighted by atomic mass is 10.3. The molecule has 9 nitrogen and oxygen atoms in total. The van der Waals surface area contributed by atoms with E-state index in [9.17, 15) is 13.2 Å². The van der Waals surface area contributed by atoms with Crippen LogP contribution in [0.4, 0.5) is 5.82 Å². The second kappa shape index (κ2) is 10.0. The molecule has 3 aromatic rings. The number of ether oxygens (including phenoxy) is 2. The fourth-order valence-corrected chi connectivity index (χ4v) is 3.78. The number of pyridine rings is 2. The molecule has 0 aliphatic rings. The van der Waals surface area contributed by atoms with Gasteiger partial charge in [-0.25, -0.2) is 13.4 Å². The van der Waals surface area contributed by atoms with Crippen molar-refractivity contribution in [2.75, 3.05) is 12.4 Å². The Morgan fingerprint density at radius 3 is 2.45 bits per heavy atom. The molecule has 0 radical (unpaired) electrons. The van der Waals surface area contributed by atoms with E-state index in [-0.39, 0.29) is 17.3 Å². The van der Waals surface area contributed by atoms with Crippen LogP contribution < -0.4 is 19.5 Å². The summed E-state index contributed by atoms with van der Waals surface area (Å²) in [5.41, 5.74) is 0.900. The van der Waals surface area contributed by atoms with Crippen molar-refractivity contribution in [3.63, 3.8) is 0 Å². The molecule has 0 saturated heterocycles. The van der Waals surface area contributed by atoms with E-state index >= 15 is 0 Å². The third-order valence-corrected chi connectivity index (χ3v) is 5.81. The van der Waals surface area contributed by atoms with Gasteiger partial charge in [0.1, 0.15) is 12.4 Å². The fraction of sp³-hybridized carbons (Fsp3) is 0.190. The summed E-state index contributed by atoms with van der Waals surface area (Å²) in [6, 6.07) is 11.8. The van der Waals surface area contributed by atoms with Gasteiger partial charge in [-0.3, -0.25) is 9.78 Å². The summed E-state index contributed by atoms with van der Waals surface area (Å²) in [6.45, 7) is 1.70. The van der Waals surface area contributed by atoms with Gasteiger partial charge in [0.25, 0.3) is 0 Å². The lowest BCUT2D eigenvalue weighted by molar-refractivity contribution is -0.117. The number of nitrogens with zero attached hydrogens (tertiary/aromatic N) is 2. The first-order valence-electron chi connectivity index (χ1n) is 9.33. The second-order valence-corrected chi connectivity index (χ2v) is 8.22. The molecule has 31 heavy (non-hydrogen) atoms. The summed E-state index contributed by atoms with van der Waals surface area (Å²) in [6.07, 6.45) is 4.81. The minimum absolute atomic E-state index is 0.0205. The lowest BCUT2D eigenvalue weighted by Crippen LogP contribution is -2.41. The molecule has 3 rings (SSSR count). The average Bonchev–Trinajstić information content (AvgIpc) is 2.79. The van der Waals surface area contributed by atoms with Gasteiger partial charge in [-0.05, 0) is 61.0 Å². The molecule has 10 heteroatoms. The molecule has 0 aliphatic heterocycles. The van der Waals surface area contributed by atoms with Crippen LogP contribution in [0.3, 0.4) is 0 Å². The van der Waals surface area contributed by atoms with Crippen molar-refractivity contribution in [3.8, 4) is 11.5 Å². The maximum atomic E-state index is 12.6. The van der Waals surface area contributed by atoms with E-state index in [1.54, 1.807) is 24.5 Å². The number of carbonyl (C=O) groups is 1. The Labute approximate surface area is 180 Å². The monoisotopic (exact) mass is 442 g/mol. The summed E-state index contributed by atoms with van der Waals surface area (Å²) < 4.78 is 38.2. The summed E-state index contributed by atoms with van der Waals surface area (Å²) in [4.78, 5) is 20.7. The van der Waals surface area contributed by atoms with E-state index in [1.165, 1.54) is 44.5 Å². The predicted octanol–water partition coefficient (Wildman–Crippen LogP) is 2.37. The minimum Gasteiger partial charge on any atom is -0.497 e. The van der Waals surface area contributed by atoms with Gasteiger partial charge in [0, 0.05) is 18.6 Å². The van der Waals surface area contributed by atoms with Gasteiger partial charge in [0.15, 0.2) is 11.6 Å². The molecule has 0 unspecified atom stereocenters. The molecule has 0 saturated carbocycles. The SMILES string of the molecule is COc1ccc(S(=O)(=O)N[C@@H](C)C(=O)Nc2ncccc2OCc2ccncc2)cc1. The van der Waals surface area contributed by atoms with Gasteiger partial charge in [0.2, 0.25) is 15.9 Å². The van der Waals surface area contributed by atoms with Crippen LogP contribution in [-0.2, 0) is 21.4 Å². The molecule has 1 aromatic carbocycles. The van der Waals surface area contributed by atoms with E-state index in [1.807, 2.05) is 12.1 Å². The number of rotatable bonds is 9. The highest BCUT2D eigenvalue weighted by atomic mass is 32.2. The Hall–Kier alpha value is -3.50. The number of amides is 1. The smallest absolute Gasteiger partial charge is 0.243 e. The van der Waals surface area contributed by atoms with Crippen molar-refractivity contribution in [1.82, 2.24) is 14.7 Å². The topological polar surface area (TPSA) is 120 Å². The molecular weight excluding hydrogens is 420 g/mol. The molecule has 0 aliphatic carbocycles. The van der Waals surface area contributed by atoms with Crippen molar-refractivity contribution >= 4 is 21.7 Å². The molecule has 1 atom stereocenters. The minimum atomic E-state index is -3.90. The quantitative estimate of drug-likeness (QED) is 0.522. The number of benzene rings is 1. The number of sulfonamides is 1. The maximum absolute atomic E-state index is 12.6. The normalized spacial score (nSPS) is 12.1. The second-order valence-electron chi connectivity index (χ2n) is 6.50. The van der Waals surface area contributed by atoms with Crippen LogP contribution in [0, 0.1) is 0 Å². The van der Waals surface area contributed by atoms with E-state index in [4.69, 9.17) is 9.47 Å². The first-order valence-corrected chi connectivity index (χ1v) is 10.8. The summed E-state index contributed by atoms with van der Waals surface area (Å²) in [7, 11) is -2.42. The van der Waals surface area contributed by atoms with Crippen molar-refractivity contribution in [2.45, 2.75) is 24.5 Å². The zero-order chi connectivity index (χ0) is 22.3. The zero-order valence-corrected chi connectivity index (χ0v) is 17.8. The van der Waals surface area contributed by atoms with Gasteiger partial charge < -0.3 is 14.8 Å². The first kappa shape index (κ1) is 22.2. The molecule has 162 valence electrons. The van der Waals surface area contributed by atoms with Crippen LogP contribution in [0.15, 0.2) is 72.0 Å². The molecule has 1 amide bonds. The average molecular weight is 442 g/mol. The highest BCUT2D eigenvalue weighted by Gasteiger charge is 2.23. The number of carbonyl (C=O) groups excluding carboxylic acids is 1. The summed E-state index contributed by atoms with van der Waals surface area (Å²) in [5.74, 6) is 0.499. The number of aromatic nitrogens is 2. The van der Waals surface area contributed by atoms with Gasteiger partial charge in [-0.1, -0.05) is 0 Å². The van der Waals surface area contributed by atoms with Gasteiger partial charge >= 0.3 is 0 Å². The Balaban J connectivity index is 1.65. The van der Waals surface area contributed by atoms with Crippen LogP contribution in [-0.4, -0.2) is 37.4 Å². The molecular formula is C21H22N4O5S. The third-order valence-electron chi connectivity index (χ3n) is 4.25. The molecule has 2 heterocycles. The van der Waals surface area contributed by atoms with Gasteiger partial charge in [-0.2, -0.15) is 4.72 Å². The number of hydrogen-bond acceptors (Lipinski definition) is 7. The largest absolute Gasteiger partial charge is 0.497 e. The zero-order valence-electron chi connectivity index (χ0n) is 17.0.